The summed E-state index contributed by atoms with van der Waals surface area (Å²) in [6.45, 7) is 2.77. The quantitative estimate of drug-likeness (QED) is 0.716. The number of hydrogen-bond acceptors (Lipinski definition) is 3. The van der Waals surface area contributed by atoms with Crippen molar-refractivity contribution in [2.24, 2.45) is 11.3 Å². The van der Waals surface area contributed by atoms with Gasteiger partial charge >= 0.3 is 5.97 Å². The summed E-state index contributed by atoms with van der Waals surface area (Å²) < 4.78 is 0. The third-order valence-electron chi connectivity index (χ3n) is 4.07. The SMILES string of the molecule is O=C(O)CCN1C[C@@H]2CCC[C@@]2(CO)C1. The van der Waals surface area contributed by atoms with Crippen LogP contribution in [0.25, 0.3) is 0 Å². The summed E-state index contributed by atoms with van der Waals surface area (Å²) in [6, 6.07) is 0. The molecule has 0 unspecified atom stereocenters. The second-order valence-electron chi connectivity index (χ2n) is 4.99. The Bertz CT molecular complexity index is 256. The van der Waals surface area contributed by atoms with Crippen LogP contribution < -0.4 is 0 Å². The molecule has 2 fully saturated rings. The molecule has 2 N–H and O–H groups in total. The number of rotatable bonds is 4. The monoisotopic (exact) mass is 213 g/mol. The number of aliphatic hydroxyl groups is 1. The standard InChI is InChI=1S/C11H19NO3/c13-8-11-4-1-2-9(11)6-12(7-11)5-3-10(14)15/h9,13H,1-8H2,(H,14,15)/t9-,11-/m0/s1. The lowest BCUT2D eigenvalue weighted by molar-refractivity contribution is -0.137. The molecule has 1 saturated carbocycles. The molecule has 15 heavy (non-hydrogen) atoms. The highest BCUT2D eigenvalue weighted by molar-refractivity contribution is 5.66. The summed E-state index contributed by atoms with van der Waals surface area (Å²) in [5.74, 6) is -0.138. The molecule has 0 amide bonds. The minimum Gasteiger partial charge on any atom is -0.481 e. The van der Waals surface area contributed by atoms with E-state index in [1.807, 2.05) is 0 Å². The lowest BCUT2D eigenvalue weighted by atomic mass is 9.82. The topological polar surface area (TPSA) is 60.8 Å². The van der Waals surface area contributed by atoms with Crippen LogP contribution in [0.1, 0.15) is 25.7 Å². The Morgan fingerprint density at radius 3 is 2.93 bits per heavy atom. The Balaban J connectivity index is 1.90. The van der Waals surface area contributed by atoms with Gasteiger partial charge in [-0.1, -0.05) is 6.42 Å². The molecular weight excluding hydrogens is 194 g/mol. The summed E-state index contributed by atoms with van der Waals surface area (Å²) in [4.78, 5) is 12.7. The number of likely N-dealkylation sites (tertiary alicyclic amines) is 1. The van der Waals surface area contributed by atoms with E-state index in [1.165, 1.54) is 12.8 Å². The predicted octanol–water partition coefficient (Wildman–Crippen LogP) is 0.555. The molecule has 2 atom stereocenters. The van der Waals surface area contributed by atoms with Gasteiger partial charge in [0.2, 0.25) is 0 Å². The molecule has 0 aromatic carbocycles. The van der Waals surface area contributed by atoms with Crippen LogP contribution in [-0.4, -0.2) is 47.3 Å². The maximum atomic E-state index is 10.5. The third-order valence-corrected chi connectivity index (χ3v) is 4.07. The zero-order valence-corrected chi connectivity index (χ0v) is 8.98. The minimum absolute atomic E-state index is 0.0957. The van der Waals surface area contributed by atoms with E-state index < -0.39 is 5.97 Å². The van der Waals surface area contributed by atoms with Crippen LogP contribution in [-0.2, 0) is 4.79 Å². The Hall–Kier alpha value is -0.610. The Kier molecular flexibility index (Phi) is 2.98. The van der Waals surface area contributed by atoms with Crippen molar-refractivity contribution in [2.45, 2.75) is 25.7 Å². The number of aliphatic carboxylic acids is 1. The van der Waals surface area contributed by atoms with Crippen molar-refractivity contribution in [3.8, 4) is 0 Å². The van der Waals surface area contributed by atoms with E-state index in [2.05, 4.69) is 4.90 Å². The summed E-state index contributed by atoms with van der Waals surface area (Å²) in [7, 11) is 0. The van der Waals surface area contributed by atoms with E-state index in [0.29, 0.717) is 12.5 Å². The zero-order valence-electron chi connectivity index (χ0n) is 8.98. The Morgan fingerprint density at radius 2 is 2.33 bits per heavy atom. The van der Waals surface area contributed by atoms with Gasteiger partial charge in [-0.25, -0.2) is 0 Å². The van der Waals surface area contributed by atoms with Gasteiger partial charge in [0.15, 0.2) is 0 Å². The molecule has 1 aliphatic carbocycles. The van der Waals surface area contributed by atoms with Crippen LogP contribution in [0.4, 0.5) is 0 Å². The number of carboxylic acid groups (broad SMARTS) is 1. The molecule has 1 aliphatic heterocycles. The van der Waals surface area contributed by atoms with Crippen LogP contribution in [0.3, 0.4) is 0 Å². The zero-order chi connectivity index (χ0) is 10.9. The second-order valence-corrected chi connectivity index (χ2v) is 4.99. The van der Waals surface area contributed by atoms with Gasteiger partial charge in [-0.3, -0.25) is 4.79 Å². The van der Waals surface area contributed by atoms with Gasteiger partial charge in [0.1, 0.15) is 0 Å². The summed E-state index contributed by atoms with van der Waals surface area (Å²) in [5.41, 5.74) is 0.0957. The third kappa shape index (κ3) is 2.01. The molecule has 0 aromatic rings. The van der Waals surface area contributed by atoms with Crippen molar-refractivity contribution in [1.82, 2.24) is 4.90 Å². The van der Waals surface area contributed by atoms with Crippen molar-refractivity contribution in [3.05, 3.63) is 0 Å². The van der Waals surface area contributed by atoms with Crippen LogP contribution in [0.5, 0.6) is 0 Å². The lowest BCUT2D eigenvalue weighted by Crippen LogP contribution is -2.31. The van der Waals surface area contributed by atoms with Crippen molar-refractivity contribution in [2.75, 3.05) is 26.2 Å². The smallest absolute Gasteiger partial charge is 0.304 e. The van der Waals surface area contributed by atoms with Crippen molar-refractivity contribution in [3.63, 3.8) is 0 Å². The molecule has 4 heteroatoms. The molecule has 2 rings (SSSR count). The first-order valence-corrected chi connectivity index (χ1v) is 5.71. The average Bonchev–Trinajstić information content (AvgIpc) is 2.70. The van der Waals surface area contributed by atoms with Gasteiger partial charge in [0.05, 0.1) is 13.0 Å². The fourth-order valence-electron chi connectivity index (χ4n) is 3.21. The van der Waals surface area contributed by atoms with Gasteiger partial charge in [-0.15, -0.1) is 0 Å². The normalized spacial score (nSPS) is 35.7. The fourth-order valence-corrected chi connectivity index (χ4v) is 3.21. The molecule has 0 radical (unpaired) electrons. The molecular formula is C11H19NO3. The van der Waals surface area contributed by atoms with Gasteiger partial charge in [0, 0.05) is 25.0 Å². The molecule has 0 bridgehead atoms. The maximum Gasteiger partial charge on any atom is 0.304 e. The van der Waals surface area contributed by atoms with Crippen LogP contribution in [0, 0.1) is 11.3 Å². The highest BCUT2D eigenvalue weighted by atomic mass is 16.4. The molecule has 0 aromatic heterocycles. The van der Waals surface area contributed by atoms with E-state index in [4.69, 9.17) is 5.11 Å². The maximum absolute atomic E-state index is 10.5. The number of carbonyl (C=O) groups is 1. The van der Waals surface area contributed by atoms with Gasteiger partial charge in [0.25, 0.3) is 0 Å². The summed E-state index contributed by atoms with van der Waals surface area (Å²) in [6.07, 6.45) is 3.74. The summed E-state index contributed by atoms with van der Waals surface area (Å²) >= 11 is 0. The first-order valence-electron chi connectivity index (χ1n) is 5.71. The number of hydrogen-bond donors (Lipinski definition) is 2. The van der Waals surface area contributed by atoms with Crippen LogP contribution in [0.15, 0.2) is 0 Å². The van der Waals surface area contributed by atoms with Crippen molar-refractivity contribution in [1.29, 1.82) is 0 Å². The minimum atomic E-state index is -0.731. The molecule has 1 saturated heterocycles. The van der Waals surface area contributed by atoms with E-state index >= 15 is 0 Å². The Morgan fingerprint density at radius 1 is 1.53 bits per heavy atom. The summed E-state index contributed by atoms with van der Waals surface area (Å²) in [5, 5.41) is 18.1. The molecule has 86 valence electrons. The predicted molar refractivity (Wildman–Crippen MR) is 55.6 cm³/mol. The fraction of sp³-hybridized carbons (Fsp3) is 0.909. The largest absolute Gasteiger partial charge is 0.481 e. The molecule has 1 heterocycles. The highest BCUT2D eigenvalue weighted by Crippen LogP contribution is 2.48. The number of carboxylic acids is 1. The van der Waals surface area contributed by atoms with Crippen molar-refractivity contribution < 1.29 is 15.0 Å². The first-order chi connectivity index (χ1) is 7.16. The second kappa shape index (κ2) is 4.10. The number of nitrogens with zero attached hydrogens (tertiary/aromatic N) is 1. The molecule has 2 aliphatic rings. The van der Waals surface area contributed by atoms with E-state index in [0.717, 1.165) is 19.5 Å². The van der Waals surface area contributed by atoms with Crippen LogP contribution in [0.2, 0.25) is 0 Å². The molecule has 0 spiro atoms. The van der Waals surface area contributed by atoms with Crippen LogP contribution >= 0.6 is 0 Å². The highest BCUT2D eigenvalue weighted by Gasteiger charge is 2.48. The first kappa shape index (κ1) is 10.9. The van der Waals surface area contributed by atoms with Gasteiger partial charge in [-0.2, -0.15) is 0 Å². The van der Waals surface area contributed by atoms with Crippen molar-refractivity contribution >= 4 is 5.97 Å². The Labute approximate surface area is 89.9 Å². The average molecular weight is 213 g/mol. The number of aliphatic hydroxyl groups excluding tert-OH is 1. The van der Waals surface area contributed by atoms with Gasteiger partial charge < -0.3 is 15.1 Å². The molecule has 4 nitrogen and oxygen atoms in total. The number of fused-ring (bicyclic) bond motifs is 1. The van der Waals surface area contributed by atoms with E-state index in [-0.39, 0.29) is 18.4 Å². The van der Waals surface area contributed by atoms with E-state index in [9.17, 15) is 9.90 Å². The lowest BCUT2D eigenvalue weighted by Gasteiger charge is -2.26. The van der Waals surface area contributed by atoms with Gasteiger partial charge in [-0.05, 0) is 18.8 Å². The van der Waals surface area contributed by atoms with E-state index in [1.54, 1.807) is 0 Å².